The number of rotatable bonds is 5. The van der Waals surface area contributed by atoms with Crippen molar-refractivity contribution in [3.63, 3.8) is 0 Å². The van der Waals surface area contributed by atoms with Crippen LogP contribution in [0.3, 0.4) is 0 Å². The van der Waals surface area contributed by atoms with Crippen molar-refractivity contribution < 1.29 is 9.53 Å². The smallest absolute Gasteiger partial charge is 0.409 e. The molecule has 0 bridgehead atoms. The Morgan fingerprint density at radius 2 is 1.93 bits per heavy atom. The number of nitrogens with one attached hydrogen (secondary N) is 1. The maximum absolute atomic E-state index is 11.8. The van der Waals surface area contributed by atoms with E-state index in [1.54, 1.807) is 4.90 Å². The van der Waals surface area contributed by atoms with Crippen molar-refractivity contribution in [1.29, 1.82) is 0 Å². The summed E-state index contributed by atoms with van der Waals surface area (Å²) < 4.78 is 5.07. The summed E-state index contributed by atoms with van der Waals surface area (Å²) in [6.07, 6.45) is 1.58. The van der Waals surface area contributed by atoms with Crippen LogP contribution < -0.4 is 10.2 Å². The number of aliphatic imine (C=N–C) groups is 1. The zero-order valence-corrected chi connectivity index (χ0v) is 19.0. The second-order valence-corrected chi connectivity index (χ2v) is 6.26. The van der Waals surface area contributed by atoms with E-state index in [1.807, 2.05) is 44.2 Å². The molecule has 1 aromatic rings. The second kappa shape index (κ2) is 11.8. The Balaban J connectivity index is 0.00000364. The molecule has 2 heterocycles. The fraction of sp³-hybridized carbons (Fsp3) is 0.611. The summed E-state index contributed by atoms with van der Waals surface area (Å²) in [4.78, 5) is 26.8. The van der Waals surface area contributed by atoms with Crippen molar-refractivity contribution in [1.82, 2.24) is 20.1 Å². The van der Waals surface area contributed by atoms with Gasteiger partial charge in [-0.05, 0) is 31.5 Å². The minimum atomic E-state index is -0.234. The molecule has 0 saturated carbocycles. The first-order chi connectivity index (χ1) is 12.5. The van der Waals surface area contributed by atoms with Gasteiger partial charge in [0.05, 0.1) is 13.2 Å². The standard InChI is InChI=1S/C18H30N6O2.HI/c1-5-19-17(21-14-15-7-8-20-16(13-15)22(3)4)23-9-11-24(12-10-23)18(25)26-6-2;/h7-8,13H,5-6,9-12,14H2,1-4H3,(H,19,21);1H. The van der Waals surface area contributed by atoms with Gasteiger partial charge in [0.1, 0.15) is 5.82 Å². The van der Waals surface area contributed by atoms with Gasteiger partial charge in [-0.2, -0.15) is 0 Å². The van der Waals surface area contributed by atoms with Crippen LogP contribution in [0.25, 0.3) is 0 Å². The summed E-state index contributed by atoms with van der Waals surface area (Å²) >= 11 is 0. The zero-order valence-electron chi connectivity index (χ0n) is 16.6. The molecular formula is C18H31IN6O2. The lowest BCUT2D eigenvalue weighted by Gasteiger charge is -2.35. The Morgan fingerprint density at radius 1 is 1.26 bits per heavy atom. The Kier molecular flexibility index (Phi) is 10.2. The van der Waals surface area contributed by atoms with Gasteiger partial charge in [0.25, 0.3) is 0 Å². The third-order valence-corrected chi connectivity index (χ3v) is 4.12. The number of halogens is 1. The van der Waals surface area contributed by atoms with Gasteiger partial charge in [-0.25, -0.2) is 14.8 Å². The fourth-order valence-electron chi connectivity index (χ4n) is 2.71. The van der Waals surface area contributed by atoms with Crippen molar-refractivity contribution >= 4 is 41.8 Å². The fourth-order valence-corrected chi connectivity index (χ4v) is 2.71. The molecule has 152 valence electrons. The minimum absolute atomic E-state index is 0. The van der Waals surface area contributed by atoms with Crippen molar-refractivity contribution in [2.75, 3.05) is 58.3 Å². The summed E-state index contributed by atoms with van der Waals surface area (Å²) in [6, 6.07) is 4.03. The Labute approximate surface area is 179 Å². The van der Waals surface area contributed by atoms with E-state index in [-0.39, 0.29) is 30.1 Å². The van der Waals surface area contributed by atoms with Gasteiger partial charge in [-0.1, -0.05) is 0 Å². The largest absolute Gasteiger partial charge is 0.450 e. The normalized spacial score (nSPS) is 14.4. The predicted octanol–water partition coefficient (Wildman–Crippen LogP) is 2.01. The predicted molar refractivity (Wildman–Crippen MR) is 119 cm³/mol. The Hall–Kier alpha value is -1.78. The summed E-state index contributed by atoms with van der Waals surface area (Å²) in [6.45, 7) is 8.44. The first kappa shape index (κ1) is 23.3. The van der Waals surface area contributed by atoms with E-state index < -0.39 is 0 Å². The number of amides is 1. The number of ether oxygens (including phenoxy) is 1. The van der Waals surface area contributed by atoms with Crippen LogP contribution in [0.1, 0.15) is 19.4 Å². The van der Waals surface area contributed by atoms with Crippen molar-refractivity contribution in [3.8, 4) is 0 Å². The highest BCUT2D eigenvalue weighted by Gasteiger charge is 2.23. The van der Waals surface area contributed by atoms with E-state index in [9.17, 15) is 4.79 Å². The van der Waals surface area contributed by atoms with Crippen molar-refractivity contribution in [2.24, 2.45) is 4.99 Å². The third kappa shape index (κ3) is 7.04. The molecule has 0 aromatic carbocycles. The van der Waals surface area contributed by atoms with Crippen LogP contribution in [-0.2, 0) is 11.3 Å². The molecule has 1 aliphatic heterocycles. The maximum Gasteiger partial charge on any atom is 0.409 e. The van der Waals surface area contributed by atoms with E-state index in [2.05, 4.69) is 22.1 Å². The first-order valence-electron chi connectivity index (χ1n) is 9.12. The number of carbonyl (C=O) groups is 1. The summed E-state index contributed by atoms with van der Waals surface area (Å²) in [7, 11) is 3.95. The lowest BCUT2D eigenvalue weighted by Crippen LogP contribution is -2.53. The van der Waals surface area contributed by atoms with Crippen LogP contribution in [-0.4, -0.2) is 80.3 Å². The molecule has 9 heteroatoms. The van der Waals surface area contributed by atoms with Gasteiger partial charge in [0.2, 0.25) is 0 Å². The topological polar surface area (TPSA) is 73.3 Å². The van der Waals surface area contributed by atoms with E-state index in [0.29, 0.717) is 26.2 Å². The van der Waals surface area contributed by atoms with Gasteiger partial charge in [0, 0.05) is 53.0 Å². The van der Waals surface area contributed by atoms with Crippen LogP contribution >= 0.6 is 24.0 Å². The van der Waals surface area contributed by atoms with E-state index in [0.717, 1.165) is 37.0 Å². The molecule has 1 amide bonds. The molecule has 0 atom stereocenters. The van der Waals surface area contributed by atoms with E-state index in [4.69, 9.17) is 9.73 Å². The van der Waals surface area contributed by atoms with Gasteiger partial charge in [-0.15, -0.1) is 24.0 Å². The average Bonchev–Trinajstić information content (AvgIpc) is 2.65. The first-order valence-corrected chi connectivity index (χ1v) is 9.12. The number of aromatic nitrogens is 1. The number of carbonyl (C=O) groups excluding carboxylic acids is 1. The highest BCUT2D eigenvalue weighted by Crippen LogP contribution is 2.11. The average molecular weight is 490 g/mol. The SMILES string of the molecule is CCNC(=NCc1ccnc(N(C)C)c1)N1CCN(C(=O)OCC)CC1.I. The molecule has 0 unspecified atom stereocenters. The molecule has 0 aliphatic carbocycles. The Morgan fingerprint density at radius 3 is 2.52 bits per heavy atom. The molecule has 1 N–H and O–H groups in total. The third-order valence-electron chi connectivity index (χ3n) is 4.12. The van der Waals surface area contributed by atoms with Crippen LogP contribution in [0, 0.1) is 0 Å². The van der Waals surface area contributed by atoms with Gasteiger partial charge < -0.3 is 24.8 Å². The highest BCUT2D eigenvalue weighted by atomic mass is 127. The summed E-state index contributed by atoms with van der Waals surface area (Å²) in [5.74, 6) is 1.80. The number of piperazine rings is 1. The number of hydrogen-bond acceptors (Lipinski definition) is 5. The minimum Gasteiger partial charge on any atom is -0.450 e. The molecule has 8 nitrogen and oxygen atoms in total. The zero-order chi connectivity index (χ0) is 18.9. The molecule has 1 fully saturated rings. The van der Waals surface area contributed by atoms with Crippen LogP contribution in [0.15, 0.2) is 23.3 Å². The van der Waals surface area contributed by atoms with Gasteiger partial charge in [-0.3, -0.25) is 0 Å². The Bertz CT molecular complexity index is 618. The summed E-state index contributed by atoms with van der Waals surface area (Å²) in [5.41, 5.74) is 1.12. The van der Waals surface area contributed by atoms with Gasteiger partial charge >= 0.3 is 6.09 Å². The van der Waals surface area contributed by atoms with Crippen LogP contribution in [0.4, 0.5) is 10.6 Å². The van der Waals surface area contributed by atoms with Gasteiger partial charge in [0.15, 0.2) is 5.96 Å². The second-order valence-electron chi connectivity index (χ2n) is 6.26. The molecule has 2 rings (SSSR count). The van der Waals surface area contributed by atoms with Crippen LogP contribution in [0.5, 0.6) is 0 Å². The van der Waals surface area contributed by atoms with Crippen molar-refractivity contribution in [3.05, 3.63) is 23.9 Å². The molecule has 0 spiro atoms. The summed E-state index contributed by atoms with van der Waals surface area (Å²) in [5, 5.41) is 3.34. The molecule has 1 aliphatic rings. The van der Waals surface area contributed by atoms with Crippen molar-refractivity contribution in [2.45, 2.75) is 20.4 Å². The lowest BCUT2D eigenvalue weighted by molar-refractivity contribution is 0.0914. The lowest BCUT2D eigenvalue weighted by atomic mass is 10.2. The molecule has 1 saturated heterocycles. The molecule has 27 heavy (non-hydrogen) atoms. The molecule has 1 aromatic heterocycles. The molecule has 0 radical (unpaired) electrons. The highest BCUT2D eigenvalue weighted by molar-refractivity contribution is 14.0. The number of guanidine groups is 1. The number of hydrogen-bond donors (Lipinski definition) is 1. The number of pyridine rings is 1. The van der Waals surface area contributed by atoms with E-state index >= 15 is 0 Å². The van der Waals surface area contributed by atoms with Crippen LogP contribution in [0.2, 0.25) is 0 Å². The number of anilines is 1. The molecular weight excluding hydrogens is 459 g/mol. The quantitative estimate of drug-likeness (QED) is 0.387. The number of nitrogens with zero attached hydrogens (tertiary/aromatic N) is 5. The van der Waals surface area contributed by atoms with E-state index in [1.165, 1.54) is 0 Å². The maximum atomic E-state index is 11.8. The monoisotopic (exact) mass is 490 g/mol.